The van der Waals surface area contributed by atoms with Crippen molar-refractivity contribution in [2.75, 3.05) is 6.61 Å². The number of fused-ring (bicyclic) bond motifs is 1. The maximum Gasteiger partial charge on any atom is 0.144 e. The van der Waals surface area contributed by atoms with Crippen LogP contribution >= 0.6 is 0 Å². The van der Waals surface area contributed by atoms with E-state index in [9.17, 15) is 0 Å². The zero-order chi connectivity index (χ0) is 28.4. The van der Waals surface area contributed by atoms with Crippen LogP contribution in [0.1, 0.15) is 40.2 Å². The van der Waals surface area contributed by atoms with Gasteiger partial charge in [0.25, 0.3) is 0 Å². The van der Waals surface area contributed by atoms with Gasteiger partial charge in [0.2, 0.25) is 0 Å². The molecule has 0 spiro atoms. The maximum atomic E-state index is 6.76. The number of aromatic nitrogens is 2. The molecule has 214 valence electrons. The number of benzene rings is 4. The first-order valence-electron chi connectivity index (χ1n) is 14.5. The highest BCUT2D eigenvalue weighted by Crippen LogP contribution is 2.39. The number of rotatable bonds is 13. The SMILES string of the molecule is c1ccc(COC[C@@H]2[C@@H](OCc3ccccc3)[C@H](OCc3ccccc3)[C@@H](OCc3ccccc3)c3nccn32)cc1. The largest absolute Gasteiger partial charge is 0.375 e. The molecule has 0 N–H and O–H groups in total. The molecule has 6 rings (SSSR count). The Hall–Kier alpha value is -4.07. The topological polar surface area (TPSA) is 54.7 Å². The van der Waals surface area contributed by atoms with Gasteiger partial charge in [0.15, 0.2) is 0 Å². The van der Waals surface area contributed by atoms with Crippen LogP contribution in [0.15, 0.2) is 134 Å². The van der Waals surface area contributed by atoms with E-state index in [1.165, 1.54) is 0 Å². The van der Waals surface area contributed by atoms with E-state index in [1.807, 2.05) is 85.2 Å². The molecule has 0 amide bonds. The Balaban J connectivity index is 1.30. The summed E-state index contributed by atoms with van der Waals surface area (Å²) in [6, 6.07) is 40.7. The van der Waals surface area contributed by atoms with Crippen molar-refractivity contribution in [1.82, 2.24) is 9.55 Å². The fourth-order valence-corrected chi connectivity index (χ4v) is 5.42. The van der Waals surface area contributed by atoms with E-state index in [0.717, 1.165) is 28.1 Å². The molecule has 6 nitrogen and oxygen atoms in total. The quantitative estimate of drug-likeness (QED) is 0.154. The van der Waals surface area contributed by atoms with Crippen LogP contribution in [0.5, 0.6) is 0 Å². The van der Waals surface area contributed by atoms with Crippen LogP contribution in [0.4, 0.5) is 0 Å². The van der Waals surface area contributed by atoms with E-state index in [0.29, 0.717) is 33.0 Å². The lowest BCUT2D eigenvalue weighted by molar-refractivity contribution is -0.188. The van der Waals surface area contributed by atoms with Crippen molar-refractivity contribution >= 4 is 0 Å². The molecule has 1 aliphatic rings. The zero-order valence-corrected chi connectivity index (χ0v) is 23.6. The lowest BCUT2D eigenvalue weighted by Crippen LogP contribution is -2.50. The van der Waals surface area contributed by atoms with E-state index >= 15 is 0 Å². The summed E-state index contributed by atoms with van der Waals surface area (Å²) in [7, 11) is 0. The average Bonchev–Trinajstić information content (AvgIpc) is 3.54. The van der Waals surface area contributed by atoms with Gasteiger partial charge in [-0.3, -0.25) is 0 Å². The monoisotopic (exact) mass is 560 g/mol. The average molecular weight is 561 g/mol. The number of ether oxygens (including phenoxy) is 4. The van der Waals surface area contributed by atoms with E-state index < -0.39 is 12.2 Å². The first-order valence-corrected chi connectivity index (χ1v) is 14.5. The Bertz CT molecular complexity index is 1480. The molecule has 5 aromatic rings. The van der Waals surface area contributed by atoms with Gasteiger partial charge >= 0.3 is 0 Å². The van der Waals surface area contributed by atoms with Crippen molar-refractivity contribution in [1.29, 1.82) is 0 Å². The fraction of sp³-hybridized carbons (Fsp3) is 0.250. The zero-order valence-electron chi connectivity index (χ0n) is 23.6. The minimum atomic E-state index is -0.435. The minimum absolute atomic E-state index is 0.160. The smallest absolute Gasteiger partial charge is 0.144 e. The van der Waals surface area contributed by atoms with Gasteiger partial charge < -0.3 is 23.5 Å². The Morgan fingerprint density at radius 1 is 0.524 bits per heavy atom. The number of hydrogen-bond acceptors (Lipinski definition) is 5. The molecule has 0 saturated carbocycles. The second-order valence-electron chi connectivity index (χ2n) is 10.5. The summed E-state index contributed by atoms with van der Waals surface area (Å²) in [5, 5.41) is 0. The third kappa shape index (κ3) is 7.04. The minimum Gasteiger partial charge on any atom is -0.375 e. The molecule has 0 saturated heterocycles. The van der Waals surface area contributed by atoms with Crippen molar-refractivity contribution in [2.45, 2.75) is 50.8 Å². The van der Waals surface area contributed by atoms with Gasteiger partial charge in [-0.15, -0.1) is 0 Å². The van der Waals surface area contributed by atoms with Gasteiger partial charge in [0.05, 0.1) is 39.1 Å². The first-order chi connectivity index (χ1) is 20.8. The van der Waals surface area contributed by atoms with Gasteiger partial charge in [0.1, 0.15) is 24.1 Å². The molecule has 6 heteroatoms. The van der Waals surface area contributed by atoms with Crippen LogP contribution in [-0.2, 0) is 45.4 Å². The normalized spacial score (nSPS) is 19.8. The second kappa shape index (κ2) is 14.2. The molecule has 42 heavy (non-hydrogen) atoms. The van der Waals surface area contributed by atoms with Gasteiger partial charge in [-0.2, -0.15) is 0 Å². The third-order valence-electron chi connectivity index (χ3n) is 7.55. The van der Waals surface area contributed by atoms with Crippen molar-refractivity contribution in [3.8, 4) is 0 Å². The summed E-state index contributed by atoms with van der Waals surface area (Å²) in [4.78, 5) is 4.77. The highest BCUT2D eigenvalue weighted by Gasteiger charge is 2.46. The third-order valence-corrected chi connectivity index (χ3v) is 7.55. The molecule has 0 aliphatic carbocycles. The van der Waals surface area contributed by atoms with E-state index in [-0.39, 0.29) is 12.1 Å². The summed E-state index contributed by atoms with van der Waals surface area (Å²) < 4.78 is 28.6. The maximum absolute atomic E-state index is 6.76. The first kappa shape index (κ1) is 28.1. The predicted octanol–water partition coefficient (Wildman–Crippen LogP) is 7.08. The molecule has 4 atom stereocenters. The number of imidazole rings is 1. The Morgan fingerprint density at radius 3 is 1.50 bits per heavy atom. The summed E-state index contributed by atoms with van der Waals surface area (Å²) in [5.41, 5.74) is 4.41. The molecular weight excluding hydrogens is 524 g/mol. The molecule has 0 radical (unpaired) electrons. The highest BCUT2D eigenvalue weighted by molar-refractivity contribution is 5.18. The summed E-state index contributed by atoms with van der Waals surface area (Å²) in [5.74, 6) is 0.817. The molecular formula is C36H36N2O4. The van der Waals surface area contributed by atoms with E-state index in [2.05, 4.69) is 53.1 Å². The van der Waals surface area contributed by atoms with Crippen molar-refractivity contribution in [3.63, 3.8) is 0 Å². The van der Waals surface area contributed by atoms with Crippen LogP contribution in [0, 0.1) is 0 Å². The lowest BCUT2D eigenvalue weighted by atomic mass is 9.95. The fourth-order valence-electron chi connectivity index (χ4n) is 5.42. The standard InChI is InChI=1S/C36H36N2O4/c1-5-13-28(14-6-1)23-39-27-32-33(40-24-29-15-7-2-8-16-29)34(41-25-30-17-9-3-10-18-30)35(36-37-21-22-38(32)36)42-26-31-19-11-4-12-20-31/h1-22,32-35H,23-27H2/t32-,33-,34+,35-/m1/s1. The number of nitrogens with zero attached hydrogens (tertiary/aromatic N) is 2. The molecule has 0 unspecified atom stereocenters. The Morgan fingerprint density at radius 2 is 0.976 bits per heavy atom. The van der Waals surface area contributed by atoms with Gasteiger partial charge in [-0.25, -0.2) is 4.98 Å². The van der Waals surface area contributed by atoms with Crippen molar-refractivity contribution in [3.05, 3.63) is 162 Å². The van der Waals surface area contributed by atoms with Crippen LogP contribution in [0.2, 0.25) is 0 Å². The Labute approximate surface area is 247 Å². The van der Waals surface area contributed by atoms with E-state index in [1.54, 1.807) is 0 Å². The van der Waals surface area contributed by atoms with Crippen LogP contribution in [0.25, 0.3) is 0 Å². The Kier molecular flexibility index (Phi) is 9.49. The molecule has 0 bridgehead atoms. The molecule has 2 heterocycles. The molecule has 1 aromatic heterocycles. The van der Waals surface area contributed by atoms with Crippen LogP contribution in [0.3, 0.4) is 0 Å². The van der Waals surface area contributed by atoms with Gasteiger partial charge in [-0.05, 0) is 22.3 Å². The summed E-state index contributed by atoms with van der Waals surface area (Å²) in [6.07, 6.45) is 2.61. The van der Waals surface area contributed by atoms with Crippen molar-refractivity contribution < 1.29 is 18.9 Å². The number of hydrogen-bond donors (Lipinski definition) is 0. The summed E-state index contributed by atoms with van der Waals surface area (Å²) >= 11 is 0. The highest BCUT2D eigenvalue weighted by atomic mass is 16.6. The van der Waals surface area contributed by atoms with Crippen molar-refractivity contribution in [2.24, 2.45) is 0 Å². The molecule has 4 aromatic carbocycles. The summed E-state index contributed by atoms with van der Waals surface area (Å²) in [6.45, 7) is 2.26. The lowest BCUT2D eigenvalue weighted by Gasteiger charge is -2.43. The van der Waals surface area contributed by atoms with Gasteiger partial charge in [0, 0.05) is 12.4 Å². The van der Waals surface area contributed by atoms with Crippen LogP contribution in [-0.4, -0.2) is 28.4 Å². The van der Waals surface area contributed by atoms with Crippen LogP contribution < -0.4 is 0 Å². The molecule has 0 fully saturated rings. The van der Waals surface area contributed by atoms with E-state index in [4.69, 9.17) is 23.9 Å². The van der Waals surface area contributed by atoms with Gasteiger partial charge in [-0.1, -0.05) is 121 Å². The molecule has 1 aliphatic heterocycles. The predicted molar refractivity (Wildman–Crippen MR) is 161 cm³/mol. The second-order valence-corrected chi connectivity index (χ2v) is 10.5.